The van der Waals surface area contributed by atoms with E-state index in [4.69, 9.17) is 19.9 Å². The number of rotatable bonds is 12. The maximum absolute atomic E-state index is 12.9. The van der Waals surface area contributed by atoms with Gasteiger partial charge in [0.15, 0.2) is 0 Å². The number of fused-ring (bicyclic) bond motifs is 1. The number of esters is 2. The number of carbonyl (C=O) groups excluding carboxylic acids is 4. The van der Waals surface area contributed by atoms with Crippen LogP contribution in [0.3, 0.4) is 0 Å². The number of amides is 1. The molecule has 1 aromatic heterocycles. The first-order chi connectivity index (χ1) is 16.2. The molecule has 0 fully saturated rings. The minimum absolute atomic E-state index is 0.0527. The monoisotopic (exact) mass is 479 g/mol. The number of hydrogen-bond acceptors (Lipinski definition) is 9. The predicted octanol–water partition coefficient (Wildman–Crippen LogP) is 1.73. The Balaban J connectivity index is 2.06. The van der Waals surface area contributed by atoms with Crippen molar-refractivity contribution in [3.8, 4) is 0 Å². The summed E-state index contributed by atoms with van der Waals surface area (Å²) in [5, 5.41) is 2.64. The van der Waals surface area contributed by atoms with Gasteiger partial charge in [0.1, 0.15) is 12.1 Å². The number of aromatic amines is 1. The van der Waals surface area contributed by atoms with Crippen LogP contribution < -0.4 is 11.1 Å². The second-order valence-electron chi connectivity index (χ2n) is 7.67. The summed E-state index contributed by atoms with van der Waals surface area (Å²) < 4.78 is 19.6. The van der Waals surface area contributed by atoms with Gasteiger partial charge in [-0.3, -0.25) is 9.59 Å². The van der Waals surface area contributed by atoms with E-state index in [9.17, 15) is 19.2 Å². The van der Waals surface area contributed by atoms with Crippen molar-refractivity contribution >= 4 is 30.1 Å². The molecule has 11 nitrogen and oxygen atoms in total. The molecule has 0 saturated carbocycles. The maximum atomic E-state index is 12.9. The van der Waals surface area contributed by atoms with E-state index in [2.05, 4.69) is 15.0 Å². The molecule has 0 aliphatic heterocycles. The van der Waals surface area contributed by atoms with Crippen LogP contribution in [0.15, 0.2) is 12.3 Å². The van der Waals surface area contributed by atoms with E-state index in [0.717, 1.165) is 29.7 Å². The lowest BCUT2D eigenvalue weighted by atomic mass is 9.98. The molecule has 1 aliphatic rings. The van der Waals surface area contributed by atoms with Crippen LogP contribution in [-0.4, -0.2) is 60.6 Å². The Morgan fingerprint density at radius 2 is 1.85 bits per heavy atom. The van der Waals surface area contributed by atoms with Gasteiger partial charge < -0.3 is 35.0 Å². The van der Waals surface area contributed by atoms with Crippen LogP contribution in [0.5, 0.6) is 0 Å². The van der Waals surface area contributed by atoms with Crippen LogP contribution in [0.2, 0.25) is 0 Å². The van der Waals surface area contributed by atoms with Crippen molar-refractivity contribution in [3.05, 3.63) is 29.1 Å². The number of H-pyrrole nitrogens is 1. The molecule has 1 aromatic rings. The summed E-state index contributed by atoms with van der Waals surface area (Å²) in [6, 6.07) is -2.01. The molecule has 1 amide bonds. The van der Waals surface area contributed by atoms with Crippen LogP contribution in [-0.2, 0) is 46.2 Å². The zero-order valence-electron chi connectivity index (χ0n) is 19.8. The first-order valence-electron chi connectivity index (χ1n) is 11.4. The van der Waals surface area contributed by atoms with Crippen LogP contribution >= 0.6 is 0 Å². The lowest BCUT2D eigenvalue weighted by Crippen LogP contribution is -2.45. The van der Waals surface area contributed by atoms with Crippen molar-refractivity contribution in [3.63, 3.8) is 0 Å². The normalized spacial score (nSPS) is 14.8. The van der Waals surface area contributed by atoms with E-state index in [1.54, 1.807) is 20.0 Å². The first-order valence-corrected chi connectivity index (χ1v) is 11.4. The number of hydrogen-bond donors (Lipinski definition) is 3. The van der Waals surface area contributed by atoms with E-state index >= 15 is 0 Å². The second kappa shape index (κ2) is 13.4. The number of ether oxygens (including phenoxy) is 4. The molecule has 0 aromatic carbocycles. The smallest absolute Gasteiger partial charge is 0.465 e. The maximum Gasteiger partial charge on any atom is 0.511 e. The summed E-state index contributed by atoms with van der Waals surface area (Å²) in [6.45, 7) is 4.94. The number of allylic oxidation sites excluding steroid dienone is 1. The average molecular weight is 480 g/mol. The van der Waals surface area contributed by atoms with Crippen molar-refractivity contribution in [1.29, 1.82) is 0 Å². The minimum Gasteiger partial charge on any atom is -0.465 e. The molecule has 4 N–H and O–H groups in total. The zero-order chi connectivity index (χ0) is 25.1. The molecule has 2 rings (SSSR count). The van der Waals surface area contributed by atoms with Gasteiger partial charge in [-0.1, -0.05) is 12.2 Å². The third-order valence-electron chi connectivity index (χ3n) is 5.06. The van der Waals surface area contributed by atoms with E-state index in [-0.39, 0.29) is 32.5 Å². The van der Waals surface area contributed by atoms with E-state index in [1.807, 2.05) is 12.2 Å². The molecule has 3 atom stereocenters. The van der Waals surface area contributed by atoms with Gasteiger partial charge in [0.2, 0.25) is 12.2 Å². The van der Waals surface area contributed by atoms with Gasteiger partial charge in [0.25, 0.3) is 0 Å². The molecule has 1 heterocycles. The molecular weight excluding hydrogens is 446 g/mol. The standard InChI is InChI=1S/C23H33N3O8/c1-4-31-21(28)17(24)10-11-20(27)26-19(22(29)33-14(3)34-23(30)32-5-2)12-15-13-25-18-9-7-6-8-16(15)18/h6,8,13-14,17,19,25H,4-5,7,9-12,24H2,1-3H3,(H,26,27). The van der Waals surface area contributed by atoms with E-state index in [1.165, 1.54) is 6.92 Å². The molecule has 1 aliphatic carbocycles. The largest absolute Gasteiger partial charge is 0.511 e. The average Bonchev–Trinajstić information content (AvgIpc) is 3.20. The SMILES string of the molecule is CCOC(=O)OC(C)OC(=O)C(Cc1c[nH]c2c1C=CCC2)NC(=O)CCC(N)C(=O)OCC. The molecule has 188 valence electrons. The third-order valence-corrected chi connectivity index (χ3v) is 5.06. The number of carbonyl (C=O) groups is 4. The van der Waals surface area contributed by atoms with Crippen molar-refractivity contribution in [2.45, 2.75) is 71.2 Å². The van der Waals surface area contributed by atoms with Gasteiger partial charge in [0, 0.05) is 31.7 Å². The van der Waals surface area contributed by atoms with Crippen LogP contribution in [0, 0.1) is 0 Å². The predicted molar refractivity (Wildman–Crippen MR) is 121 cm³/mol. The number of nitrogens with one attached hydrogen (secondary N) is 2. The van der Waals surface area contributed by atoms with Gasteiger partial charge in [0.05, 0.1) is 13.2 Å². The summed E-state index contributed by atoms with van der Waals surface area (Å²) in [4.78, 5) is 51.8. The Kier molecular flexibility index (Phi) is 10.6. The Morgan fingerprint density at radius 1 is 1.12 bits per heavy atom. The topological polar surface area (TPSA) is 159 Å². The molecule has 0 saturated heterocycles. The quantitative estimate of drug-likeness (QED) is 0.230. The fraction of sp³-hybridized carbons (Fsp3) is 0.565. The summed E-state index contributed by atoms with van der Waals surface area (Å²) in [6.07, 6.45) is 5.49. The first kappa shape index (κ1) is 26.9. The Hall–Kier alpha value is -3.34. The molecule has 34 heavy (non-hydrogen) atoms. The van der Waals surface area contributed by atoms with Gasteiger partial charge in [-0.25, -0.2) is 9.59 Å². The van der Waals surface area contributed by atoms with E-state index < -0.39 is 42.4 Å². The van der Waals surface area contributed by atoms with Crippen LogP contribution in [0.25, 0.3) is 6.08 Å². The highest BCUT2D eigenvalue weighted by molar-refractivity contribution is 5.85. The number of aryl methyl sites for hydroxylation is 1. The summed E-state index contributed by atoms with van der Waals surface area (Å²) in [7, 11) is 0. The molecule has 3 unspecified atom stereocenters. The van der Waals surface area contributed by atoms with Crippen LogP contribution in [0.4, 0.5) is 4.79 Å². The summed E-state index contributed by atoms with van der Waals surface area (Å²) in [5.41, 5.74) is 8.60. The summed E-state index contributed by atoms with van der Waals surface area (Å²) >= 11 is 0. The molecule has 0 radical (unpaired) electrons. The highest BCUT2D eigenvalue weighted by Crippen LogP contribution is 2.23. The van der Waals surface area contributed by atoms with E-state index in [0.29, 0.717) is 0 Å². The molecule has 0 bridgehead atoms. The zero-order valence-corrected chi connectivity index (χ0v) is 19.8. The highest BCUT2D eigenvalue weighted by atomic mass is 16.8. The highest BCUT2D eigenvalue weighted by Gasteiger charge is 2.28. The van der Waals surface area contributed by atoms with Gasteiger partial charge in [-0.2, -0.15) is 0 Å². The third kappa shape index (κ3) is 8.22. The fourth-order valence-electron chi connectivity index (χ4n) is 3.43. The van der Waals surface area contributed by atoms with Crippen molar-refractivity contribution in [2.24, 2.45) is 5.73 Å². The molecule has 11 heteroatoms. The Labute approximate surface area is 198 Å². The Bertz CT molecular complexity index is 895. The number of aromatic nitrogens is 1. The summed E-state index contributed by atoms with van der Waals surface area (Å²) in [5.74, 6) is -1.86. The van der Waals surface area contributed by atoms with Crippen molar-refractivity contribution < 1.29 is 38.1 Å². The lowest BCUT2D eigenvalue weighted by Gasteiger charge is -2.21. The molecular formula is C23H33N3O8. The van der Waals surface area contributed by atoms with Gasteiger partial charge in [-0.15, -0.1) is 0 Å². The van der Waals surface area contributed by atoms with Gasteiger partial charge in [-0.05, 0) is 44.2 Å². The second-order valence-corrected chi connectivity index (χ2v) is 7.67. The lowest BCUT2D eigenvalue weighted by molar-refractivity contribution is -0.171. The Morgan fingerprint density at radius 3 is 2.56 bits per heavy atom. The minimum atomic E-state index is -1.22. The van der Waals surface area contributed by atoms with Crippen LogP contribution in [0.1, 0.15) is 56.9 Å². The fourth-order valence-corrected chi connectivity index (χ4v) is 3.43. The number of nitrogens with two attached hydrogens (primary N) is 1. The van der Waals surface area contributed by atoms with Crippen molar-refractivity contribution in [1.82, 2.24) is 10.3 Å². The van der Waals surface area contributed by atoms with Crippen molar-refractivity contribution in [2.75, 3.05) is 13.2 Å². The van der Waals surface area contributed by atoms with Gasteiger partial charge >= 0.3 is 18.1 Å². The molecule has 0 spiro atoms.